The summed E-state index contributed by atoms with van der Waals surface area (Å²) < 4.78 is 73.3. The molecule has 1 aromatic carbocycles. The molecule has 0 saturated carbocycles. The average molecular weight is 666 g/mol. The zero-order chi connectivity index (χ0) is 33.8. The Morgan fingerprint density at radius 2 is 2.04 bits per heavy atom. The van der Waals surface area contributed by atoms with Crippen molar-refractivity contribution in [2.75, 3.05) is 36.9 Å². The van der Waals surface area contributed by atoms with Gasteiger partial charge in [0.15, 0.2) is 12.1 Å². The molecule has 4 aliphatic rings. The second-order valence-corrected chi connectivity index (χ2v) is 12.9. The largest absolute Gasteiger partial charge is 0.461 e. The Labute approximate surface area is 274 Å². The van der Waals surface area contributed by atoms with Crippen LogP contribution >= 0.6 is 0 Å². The predicted molar refractivity (Wildman–Crippen MR) is 168 cm³/mol. The number of carbonyl (C=O) groups excluding carboxylic acids is 1. The first-order valence-corrected chi connectivity index (χ1v) is 15.9. The summed E-state index contributed by atoms with van der Waals surface area (Å²) in [4.78, 5) is 25.4. The normalized spacial score (nSPS) is 22.4. The molecule has 2 fully saturated rings. The molecular formula is C34H35F4N7O3. The van der Waals surface area contributed by atoms with Crippen LogP contribution in [0.1, 0.15) is 82.8 Å². The molecule has 0 bridgehead atoms. The summed E-state index contributed by atoms with van der Waals surface area (Å²) in [6.07, 6.45) is -2.30. The number of benzene rings is 1. The number of nitrogens with zero attached hydrogens (tertiary/aromatic N) is 6. The van der Waals surface area contributed by atoms with E-state index in [0.717, 1.165) is 49.7 Å². The number of alkyl halides is 3. The van der Waals surface area contributed by atoms with Crippen molar-refractivity contribution >= 4 is 17.8 Å². The minimum absolute atomic E-state index is 0.0797. The number of nitrogen functional groups attached to an aromatic ring is 1. The number of rotatable bonds is 6. The third kappa shape index (κ3) is 5.68. The van der Waals surface area contributed by atoms with Crippen molar-refractivity contribution in [1.82, 2.24) is 24.6 Å². The second kappa shape index (κ2) is 12.2. The summed E-state index contributed by atoms with van der Waals surface area (Å²) in [5.74, 6) is 4.21. The summed E-state index contributed by atoms with van der Waals surface area (Å²) >= 11 is 0. The summed E-state index contributed by atoms with van der Waals surface area (Å²) in [7, 11) is 0. The Morgan fingerprint density at radius 1 is 1.21 bits per heavy atom. The van der Waals surface area contributed by atoms with Crippen LogP contribution in [0.15, 0.2) is 24.3 Å². The molecule has 0 aliphatic carbocycles. The highest BCUT2D eigenvalue weighted by Crippen LogP contribution is 2.45. The number of aldehydes is 1. The van der Waals surface area contributed by atoms with Gasteiger partial charge in [-0.05, 0) is 51.3 Å². The average Bonchev–Trinajstić information content (AvgIpc) is 3.67. The molecule has 3 aromatic rings. The molecule has 2 saturated heterocycles. The fourth-order valence-electron chi connectivity index (χ4n) is 7.65. The third-order valence-electron chi connectivity index (χ3n) is 9.71. The van der Waals surface area contributed by atoms with E-state index in [1.54, 1.807) is 10.7 Å². The predicted octanol–water partition coefficient (Wildman–Crippen LogP) is 4.99. The van der Waals surface area contributed by atoms with Crippen molar-refractivity contribution in [3.05, 3.63) is 69.4 Å². The summed E-state index contributed by atoms with van der Waals surface area (Å²) in [6, 6.07) is 2.71. The Bertz CT molecular complexity index is 1860. The van der Waals surface area contributed by atoms with Crippen LogP contribution in [0.25, 0.3) is 0 Å². The topological polar surface area (TPSA) is 112 Å². The summed E-state index contributed by atoms with van der Waals surface area (Å²) in [5.41, 5.74) is 6.11. The van der Waals surface area contributed by atoms with Crippen LogP contribution in [-0.2, 0) is 37.0 Å². The summed E-state index contributed by atoms with van der Waals surface area (Å²) in [5, 5.41) is 4.36. The van der Waals surface area contributed by atoms with E-state index in [-0.39, 0.29) is 24.6 Å². The van der Waals surface area contributed by atoms with Crippen molar-refractivity contribution in [3.63, 3.8) is 0 Å². The molecule has 0 radical (unpaired) electrons. The van der Waals surface area contributed by atoms with Crippen molar-refractivity contribution in [2.45, 2.75) is 76.5 Å². The number of halogens is 4. The number of anilines is 2. The Hall–Kier alpha value is -4.48. The van der Waals surface area contributed by atoms with Gasteiger partial charge in [0.2, 0.25) is 0 Å². The van der Waals surface area contributed by atoms with Crippen LogP contribution in [0, 0.1) is 17.7 Å². The Morgan fingerprint density at radius 3 is 2.81 bits per heavy atom. The highest BCUT2D eigenvalue weighted by molar-refractivity contribution is 5.71. The quantitative estimate of drug-likeness (QED) is 0.128. The van der Waals surface area contributed by atoms with Crippen LogP contribution in [0.5, 0.6) is 6.01 Å². The second-order valence-electron chi connectivity index (χ2n) is 12.9. The van der Waals surface area contributed by atoms with Crippen molar-refractivity contribution < 1.29 is 31.8 Å². The number of hydrogen-bond acceptors (Lipinski definition) is 9. The lowest BCUT2D eigenvalue weighted by Crippen LogP contribution is -2.43. The molecule has 6 heterocycles. The van der Waals surface area contributed by atoms with Crippen molar-refractivity contribution in [2.24, 2.45) is 0 Å². The number of aryl methyl sites for hydroxylation is 1. The molecule has 252 valence electrons. The molecule has 48 heavy (non-hydrogen) atoms. The van der Waals surface area contributed by atoms with Gasteiger partial charge in [0.25, 0.3) is 0 Å². The first-order valence-electron chi connectivity index (χ1n) is 15.9. The number of carbonyl (C=O) groups is 1. The van der Waals surface area contributed by atoms with Gasteiger partial charge in [-0.3, -0.25) is 14.4 Å². The van der Waals surface area contributed by atoms with Gasteiger partial charge < -0.3 is 20.1 Å². The smallest absolute Gasteiger partial charge is 0.418 e. The van der Waals surface area contributed by atoms with Gasteiger partial charge in [0.05, 0.1) is 47.4 Å². The zero-order valence-corrected chi connectivity index (χ0v) is 26.5. The number of fused-ring (bicyclic) bond motifs is 3. The van der Waals surface area contributed by atoms with E-state index in [2.05, 4.69) is 28.4 Å². The lowest BCUT2D eigenvalue weighted by atomic mass is 9.91. The molecule has 7 rings (SSSR count). The number of aromatic nitrogens is 4. The fraction of sp³-hybridized carbons (Fsp3) is 0.471. The van der Waals surface area contributed by atoms with Crippen LogP contribution in [0.4, 0.5) is 29.1 Å². The lowest BCUT2D eigenvalue weighted by molar-refractivity contribution is -0.140. The van der Waals surface area contributed by atoms with Gasteiger partial charge in [-0.15, -0.1) is 5.92 Å². The van der Waals surface area contributed by atoms with Gasteiger partial charge in [0.1, 0.15) is 18.1 Å². The maximum Gasteiger partial charge on any atom is 0.418 e. The van der Waals surface area contributed by atoms with Crippen LogP contribution in [0.3, 0.4) is 0 Å². The molecular weight excluding hydrogens is 630 g/mol. The van der Waals surface area contributed by atoms with Gasteiger partial charge >= 0.3 is 12.2 Å². The molecule has 0 amide bonds. The maximum atomic E-state index is 15.6. The maximum absolute atomic E-state index is 15.6. The standard InChI is InChI=1S/C34H35F4N7O3/c1-3-6-21-11-25(39)30(35)28(29(21)34(36,37)38)27-13-26-24(18-47-27)31(43-8-5-10-45-23(16-43)12-22(17-46)42-45)41-32(40-26)48-19-33-7-4-9-44(33)15-20(2)14-33/h11-12,17,27H,2,4-5,7-10,13-16,18-19,39H2,1H3/t27-,33-/m0/s1. The molecule has 2 aromatic heterocycles. The SMILES string of the molecule is C=C1CN2CCC[C@@]2(COc2nc3c(c(N4CCCn5nc(C=O)cc5C4)n2)CO[C@H](c2c(F)c(N)cc(C#CC)c2C(F)(F)F)C3)C1. The minimum Gasteiger partial charge on any atom is -0.461 e. The molecule has 0 unspecified atom stereocenters. The van der Waals surface area contributed by atoms with Gasteiger partial charge in [-0.1, -0.05) is 18.1 Å². The van der Waals surface area contributed by atoms with E-state index in [4.69, 9.17) is 25.2 Å². The molecule has 0 spiro atoms. The van der Waals surface area contributed by atoms with Crippen molar-refractivity contribution in [3.8, 4) is 17.9 Å². The third-order valence-corrected chi connectivity index (χ3v) is 9.71. The first-order chi connectivity index (χ1) is 23.0. The van der Waals surface area contributed by atoms with Gasteiger partial charge in [-0.2, -0.15) is 28.2 Å². The van der Waals surface area contributed by atoms with Gasteiger partial charge in [0, 0.05) is 42.7 Å². The highest BCUT2D eigenvalue weighted by atomic mass is 19.4. The number of hydrogen-bond donors (Lipinski definition) is 1. The van der Waals surface area contributed by atoms with Gasteiger partial charge in [-0.25, -0.2) is 4.39 Å². The first kappa shape index (κ1) is 32.1. The fourth-order valence-corrected chi connectivity index (χ4v) is 7.65. The molecule has 14 heteroatoms. The zero-order valence-electron chi connectivity index (χ0n) is 26.5. The monoisotopic (exact) mass is 665 g/mol. The van der Waals surface area contributed by atoms with Crippen LogP contribution < -0.4 is 15.4 Å². The lowest BCUT2D eigenvalue weighted by Gasteiger charge is -2.33. The Kier molecular flexibility index (Phi) is 8.15. The molecule has 4 aliphatic heterocycles. The number of ether oxygens (including phenoxy) is 2. The summed E-state index contributed by atoms with van der Waals surface area (Å²) in [6.45, 7) is 9.01. The number of nitrogens with two attached hydrogens (primary N) is 1. The van der Waals surface area contributed by atoms with E-state index in [1.807, 2.05) is 4.90 Å². The van der Waals surface area contributed by atoms with Crippen LogP contribution in [-0.4, -0.2) is 62.7 Å². The van der Waals surface area contributed by atoms with E-state index >= 15 is 4.39 Å². The van der Waals surface area contributed by atoms with E-state index in [9.17, 15) is 18.0 Å². The van der Waals surface area contributed by atoms with E-state index < -0.39 is 40.5 Å². The molecule has 10 nitrogen and oxygen atoms in total. The van der Waals surface area contributed by atoms with E-state index in [1.165, 1.54) is 6.92 Å². The molecule has 2 atom stereocenters. The van der Waals surface area contributed by atoms with Crippen LogP contribution in [0.2, 0.25) is 0 Å². The minimum atomic E-state index is -4.93. The molecule has 2 N–H and O–H groups in total. The highest BCUT2D eigenvalue weighted by Gasteiger charge is 2.47. The van der Waals surface area contributed by atoms with E-state index in [0.29, 0.717) is 61.7 Å². The van der Waals surface area contributed by atoms with Crippen molar-refractivity contribution in [1.29, 1.82) is 0 Å². The Balaban J connectivity index is 1.29.